The highest BCUT2D eigenvalue weighted by Crippen LogP contribution is 2.23. The van der Waals surface area contributed by atoms with Crippen LogP contribution in [0.1, 0.15) is 52.0 Å². The summed E-state index contributed by atoms with van der Waals surface area (Å²) in [5.74, 6) is 0.533. The second kappa shape index (κ2) is 8.38. The van der Waals surface area contributed by atoms with Crippen molar-refractivity contribution in [1.29, 1.82) is 0 Å². The maximum atomic E-state index is 12.7. The molecule has 9 heteroatoms. The van der Waals surface area contributed by atoms with Gasteiger partial charge in [-0.2, -0.15) is 4.31 Å². The van der Waals surface area contributed by atoms with E-state index in [0.717, 1.165) is 12.8 Å². The molecule has 0 spiro atoms. The third-order valence-electron chi connectivity index (χ3n) is 5.07. The minimum Gasteiger partial charge on any atom is -0.466 e. The molecule has 0 saturated carbocycles. The summed E-state index contributed by atoms with van der Waals surface area (Å²) in [6.07, 6.45) is 1.68. The zero-order valence-corrected chi connectivity index (χ0v) is 17.5. The number of amides is 2. The molecule has 2 aromatic rings. The van der Waals surface area contributed by atoms with Crippen molar-refractivity contribution in [3.63, 3.8) is 0 Å². The van der Waals surface area contributed by atoms with Crippen LogP contribution in [-0.2, 0) is 10.0 Å². The second-order valence-corrected chi connectivity index (χ2v) is 9.28. The molecular formula is C20H25N3O5S. The van der Waals surface area contributed by atoms with Gasteiger partial charge < -0.3 is 4.42 Å². The number of rotatable bonds is 4. The summed E-state index contributed by atoms with van der Waals surface area (Å²) in [6, 6.07) is 7.25. The van der Waals surface area contributed by atoms with Crippen LogP contribution in [0.5, 0.6) is 0 Å². The van der Waals surface area contributed by atoms with Crippen LogP contribution >= 0.6 is 0 Å². The van der Waals surface area contributed by atoms with Gasteiger partial charge in [0.1, 0.15) is 11.5 Å². The van der Waals surface area contributed by atoms with Gasteiger partial charge in [-0.05, 0) is 62.9 Å². The van der Waals surface area contributed by atoms with Crippen molar-refractivity contribution in [2.75, 3.05) is 13.1 Å². The lowest BCUT2D eigenvalue weighted by Gasteiger charge is -2.29. The number of hydrogen-bond donors (Lipinski definition) is 2. The monoisotopic (exact) mass is 419 g/mol. The van der Waals surface area contributed by atoms with Crippen molar-refractivity contribution >= 4 is 21.8 Å². The summed E-state index contributed by atoms with van der Waals surface area (Å²) in [4.78, 5) is 24.5. The fraction of sp³-hybridized carbons (Fsp3) is 0.400. The van der Waals surface area contributed by atoms with Crippen LogP contribution in [0, 0.1) is 19.8 Å². The number of carbonyl (C=O) groups excluding carboxylic acids is 2. The fourth-order valence-electron chi connectivity index (χ4n) is 3.26. The zero-order chi connectivity index (χ0) is 21.2. The zero-order valence-electron chi connectivity index (χ0n) is 16.7. The molecule has 156 valence electrons. The summed E-state index contributed by atoms with van der Waals surface area (Å²) >= 11 is 0. The maximum Gasteiger partial charge on any atom is 0.273 e. The van der Waals surface area contributed by atoms with Crippen molar-refractivity contribution in [2.24, 2.45) is 5.92 Å². The summed E-state index contributed by atoms with van der Waals surface area (Å²) in [6.45, 7) is 6.51. The minimum atomic E-state index is -3.57. The molecule has 2 amide bonds. The molecule has 0 bridgehead atoms. The Morgan fingerprint density at radius 1 is 1.03 bits per heavy atom. The quantitative estimate of drug-likeness (QED) is 0.740. The summed E-state index contributed by atoms with van der Waals surface area (Å²) in [5, 5.41) is 0. The molecule has 0 radical (unpaired) electrons. The van der Waals surface area contributed by atoms with E-state index in [2.05, 4.69) is 17.8 Å². The minimum absolute atomic E-state index is 0.150. The molecule has 0 aliphatic carbocycles. The van der Waals surface area contributed by atoms with Crippen molar-refractivity contribution < 1.29 is 22.4 Å². The number of nitrogens with one attached hydrogen (secondary N) is 2. The van der Waals surface area contributed by atoms with Crippen LogP contribution in [0.2, 0.25) is 0 Å². The van der Waals surface area contributed by atoms with E-state index in [1.165, 1.54) is 28.6 Å². The van der Waals surface area contributed by atoms with Gasteiger partial charge in [-0.3, -0.25) is 20.4 Å². The molecule has 1 aromatic heterocycles. The third kappa shape index (κ3) is 4.68. The Balaban J connectivity index is 1.63. The van der Waals surface area contributed by atoms with Gasteiger partial charge in [0, 0.05) is 18.7 Å². The molecule has 2 N–H and O–H groups in total. The Morgan fingerprint density at radius 3 is 2.17 bits per heavy atom. The summed E-state index contributed by atoms with van der Waals surface area (Å²) < 4.78 is 32.3. The van der Waals surface area contributed by atoms with Gasteiger partial charge in [0.15, 0.2) is 0 Å². The molecule has 1 aromatic carbocycles. The first kappa shape index (κ1) is 21.1. The Labute approximate surface area is 170 Å². The Hall–Kier alpha value is -2.65. The summed E-state index contributed by atoms with van der Waals surface area (Å²) in [5.41, 5.74) is 5.21. The number of sulfonamides is 1. The number of benzene rings is 1. The van der Waals surface area contributed by atoms with E-state index in [0.29, 0.717) is 36.1 Å². The van der Waals surface area contributed by atoms with Gasteiger partial charge in [-0.1, -0.05) is 6.92 Å². The van der Waals surface area contributed by atoms with Gasteiger partial charge in [0.2, 0.25) is 10.0 Å². The molecule has 1 saturated heterocycles. The molecular weight excluding hydrogens is 394 g/mol. The van der Waals surface area contributed by atoms with Gasteiger partial charge >= 0.3 is 0 Å². The van der Waals surface area contributed by atoms with Gasteiger partial charge in [0.05, 0.1) is 10.5 Å². The maximum absolute atomic E-state index is 12.7. The molecule has 1 aliphatic rings. The van der Waals surface area contributed by atoms with Crippen molar-refractivity contribution in [1.82, 2.24) is 15.2 Å². The molecule has 1 aliphatic heterocycles. The first-order valence-electron chi connectivity index (χ1n) is 9.46. The van der Waals surface area contributed by atoms with Crippen LogP contribution in [0.4, 0.5) is 0 Å². The SMILES string of the molecule is Cc1cc(C(=O)NNC(=O)c2ccc(S(=O)(=O)N3CCC(C)CC3)cc2)c(C)o1. The highest BCUT2D eigenvalue weighted by atomic mass is 32.2. The predicted molar refractivity (Wildman–Crippen MR) is 107 cm³/mol. The molecule has 0 atom stereocenters. The van der Waals surface area contributed by atoms with E-state index < -0.39 is 21.8 Å². The van der Waals surface area contributed by atoms with Gasteiger partial charge in [-0.25, -0.2) is 8.42 Å². The molecule has 0 unspecified atom stereocenters. The van der Waals surface area contributed by atoms with E-state index >= 15 is 0 Å². The van der Waals surface area contributed by atoms with Crippen LogP contribution in [0.25, 0.3) is 0 Å². The normalized spacial score (nSPS) is 15.8. The second-order valence-electron chi connectivity index (χ2n) is 7.35. The van der Waals surface area contributed by atoms with E-state index in [4.69, 9.17) is 4.42 Å². The first-order chi connectivity index (χ1) is 13.7. The lowest BCUT2D eigenvalue weighted by molar-refractivity contribution is 0.0845. The van der Waals surface area contributed by atoms with E-state index in [9.17, 15) is 18.0 Å². The van der Waals surface area contributed by atoms with Crippen LogP contribution in [-0.4, -0.2) is 37.6 Å². The number of nitrogens with zero attached hydrogens (tertiary/aromatic N) is 1. The average Bonchev–Trinajstić information content (AvgIpc) is 3.04. The smallest absolute Gasteiger partial charge is 0.273 e. The molecule has 8 nitrogen and oxygen atoms in total. The number of furan rings is 1. The first-order valence-corrected chi connectivity index (χ1v) is 10.9. The Bertz CT molecular complexity index is 1000. The van der Waals surface area contributed by atoms with E-state index in [1.54, 1.807) is 19.9 Å². The highest BCUT2D eigenvalue weighted by Gasteiger charge is 2.28. The average molecular weight is 420 g/mol. The molecule has 1 fully saturated rings. The Kier molecular flexibility index (Phi) is 6.09. The number of carbonyl (C=O) groups is 2. The van der Waals surface area contributed by atoms with E-state index in [1.807, 2.05) is 0 Å². The number of hydrazine groups is 1. The standard InChI is InChI=1S/C20H25N3O5S/c1-13-8-10-23(11-9-13)29(26,27)17-6-4-16(5-7-17)19(24)21-22-20(25)18-12-14(2)28-15(18)3/h4-7,12-13H,8-11H2,1-3H3,(H,21,24)(H,22,25). The molecule has 2 heterocycles. The fourth-order valence-corrected chi connectivity index (χ4v) is 4.73. The van der Waals surface area contributed by atoms with Crippen LogP contribution in [0.3, 0.4) is 0 Å². The van der Waals surface area contributed by atoms with Crippen molar-refractivity contribution in [3.05, 3.63) is 53.0 Å². The van der Waals surface area contributed by atoms with Gasteiger partial charge in [0.25, 0.3) is 11.8 Å². The predicted octanol–water partition coefficient (Wildman–Crippen LogP) is 2.39. The van der Waals surface area contributed by atoms with Crippen molar-refractivity contribution in [2.45, 2.75) is 38.5 Å². The van der Waals surface area contributed by atoms with Crippen LogP contribution in [0.15, 0.2) is 39.6 Å². The lowest BCUT2D eigenvalue weighted by Crippen LogP contribution is -2.41. The number of aryl methyl sites for hydroxylation is 2. The largest absolute Gasteiger partial charge is 0.466 e. The number of hydrogen-bond acceptors (Lipinski definition) is 5. The summed E-state index contributed by atoms with van der Waals surface area (Å²) in [7, 11) is -3.57. The topological polar surface area (TPSA) is 109 Å². The van der Waals surface area contributed by atoms with Crippen LogP contribution < -0.4 is 10.9 Å². The number of piperidine rings is 1. The molecule has 3 rings (SSSR count). The van der Waals surface area contributed by atoms with E-state index in [-0.39, 0.29) is 10.5 Å². The third-order valence-corrected chi connectivity index (χ3v) is 6.98. The lowest BCUT2D eigenvalue weighted by atomic mass is 10.0. The highest BCUT2D eigenvalue weighted by molar-refractivity contribution is 7.89. The van der Waals surface area contributed by atoms with Crippen molar-refractivity contribution in [3.8, 4) is 0 Å². The molecule has 29 heavy (non-hydrogen) atoms. The Morgan fingerprint density at radius 2 is 1.62 bits per heavy atom. The van der Waals surface area contributed by atoms with Gasteiger partial charge in [-0.15, -0.1) is 0 Å².